The minimum absolute atomic E-state index is 0.0873. The molecule has 0 saturated heterocycles. The first-order valence-corrected chi connectivity index (χ1v) is 29.1. The molecule has 5 nitrogen and oxygen atoms in total. The van der Waals surface area contributed by atoms with E-state index >= 15 is 0 Å². The number of methoxy groups -OCH3 is 1. The highest BCUT2D eigenvalue weighted by Gasteiger charge is 2.58. The number of carbonyl (C=O) groups excluding carboxylic acids is 1. The molecule has 8 atom stereocenters. The van der Waals surface area contributed by atoms with Crippen molar-refractivity contribution in [1.29, 1.82) is 0 Å². The Morgan fingerprint density at radius 3 is 1.86 bits per heavy atom. The molecule has 51 heavy (non-hydrogen) atoms. The van der Waals surface area contributed by atoms with E-state index in [0.717, 1.165) is 32.5 Å². The first-order valence-electron chi connectivity index (χ1n) is 20.4. The summed E-state index contributed by atoms with van der Waals surface area (Å²) in [4.78, 5) is 12.1. The lowest BCUT2D eigenvalue weighted by Crippen LogP contribution is -2.55. The lowest BCUT2D eigenvalue weighted by molar-refractivity contribution is -0.134. The molecule has 3 rings (SSSR count). The Balaban J connectivity index is 2.06. The zero-order valence-electron chi connectivity index (χ0n) is 36.9. The van der Waals surface area contributed by atoms with Crippen LogP contribution in [0.15, 0.2) is 23.8 Å². The van der Waals surface area contributed by atoms with E-state index in [4.69, 9.17) is 18.0 Å². The molecule has 0 aromatic carbocycles. The fourth-order valence-corrected chi connectivity index (χ4v) is 12.4. The first-order chi connectivity index (χ1) is 22.9. The summed E-state index contributed by atoms with van der Waals surface area (Å²) in [6, 6.07) is 0. The molecule has 0 aromatic rings. The van der Waals surface area contributed by atoms with Crippen LogP contribution < -0.4 is 0 Å². The monoisotopic (exact) mass is 763 g/mol. The Hall–Kier alpha value is -0.519. The third-order valence-corrected chi connectivity index (χ3v) is 29.3. The van der Waals surface area contributed by atoms with Gasteiger partial charge in [0.05, 0.1) is 7.11 Å². The minimum Gasteiger partial charge on any atom is -0.466 e. The van der Waals surface area contributed by atoms with E-state index in [0.29, 0.717) is 29.8 Å². The summed E-state index contributed by atoms with van der Waals surface area (Å²) < 4.78 is 26.6. The Morgan fingerprint density at radius 1 is 0.824 bits per heavy atom. The quantitative estimate of drug-likeness (QED) is 0.0858. The van der Waals surface area contributed by atoms with Crippen LogP contribution in [0.4, 0.5) is 0 Å². The van der Waals surface area contributed by atoms with Crippen LogP contribution in [0.25, 0.3) is 0 Å². The van der Waals surface area contributed by atoms with Gasteiger partial charge < -0.3 is 18.0 Å². The van der Waals surface area contributed by atoms with E-state index in [1.165, 1.54) is 31.9 Å². The summed E-state index contributed by atoms with van der Waals surface area (Å²) in [7, 11) is -4.39. The number of hydrogen-bond acceptors (Lipinski definition) is 5. The highest BCUT2D eigenvalue weighted by molar-refractivity contribution is 6.74. The number of hydrogen-bond donors (Lipinski definition) is 0. The van der Waals surface area contributed by atoms with Crippen LogP contribution in [0.2, 0.25) is 54.4 Å². The van der Waals surface area contributed by atoms with Crippen LogP contribution in [-0.4, -0.2) is 57.3 Å². The van der Waals surface area contributed by atoms with Crippen molar-refractivity contribution in [2.45, 2.75) is 182 Å². The molecule has 0 aromatic heterocycles. The minimum atomic E-state index is -1.98. The van der Waals surface area contributed by atoms with E-state index in [9.17, 15) is 4.79 Å². The summed E-state index contributed by atoms with van der Waals surface area (Å²) >= 11 is 0. The molecule has 0 bridgehead atoms. The van der Waals surface area contributed by atoms with Crippen molar-refractivity contribution in [3.8, 4) is 0 Å². The van der Waals surface area contributed by atoms with Gasteiger partial charge in [-0.3, -0.25) is 0 Å². The third-order valence-electron chi connectivity index (χ3n) is 15.8. The molecule has 0 heterocycles. The van der Waals surface area contributed by atoms with Gasteiger partial charge in [-0.1, -0.05) is 101 Å². The highest BCUT2D eigenvalue weighted by atomic mass is 28.4. The number of rotatable bonds is 12. The predicted octanol–water partition coefficient (Wildman–Crippen LogP) is 12.6. The van der Waals surface area contributed by atoms with Gasteiger partial charge in [0.25, 0.3) is 0 Å². The van der Waals surface area contributed by atoms with Gasteiger partial charge >= 0.3 is 5.97 Å². The molecule has 0 radical (unpaired) electrons. The Morgan fingerprint density at radius 2 is 1.35 bits per heavy atom. The van der Waals surface area contributed by atoms with Crippen molar-refractivity contribution < 1.29 is 22.8 Å². The topological polar surface area (TPSA) is 54.0 Å². The zero-order chi connectivity index (χ0) is 39.2. The second kappa shape index (κ2) is 15.6. The van der Waals surface area contributed by atoms with Crippen LogP contribution >= 0.6 is 0 Å². The fourth-order valence-electron chi connectivity index (χ4n) is 8.91. The summed E-state index contributed by atoms with van der Waals surface area (Å²) in [6.07, 6.45) is 13.4. The molecule has 2 saturated carbocycles. The number of fused-ring (bicyclic) bond motifs is 1. The van der Waals surface area contributed by atoms with E-state index in [1.807, 2.05) is 0 Å². The maximum Gasteiger partial charge on any atom is 0.330 e. The molecule has 0 amide bonds. The average molecular weight is 763 g/mol. The second-order valence-corrected chi connectivity index (χ2v) is 36.4. The van der Waals surface area contributed by atoms with E-state index < -0.39 is 25.0 Å². The SMILES string of the molecule is COC(=O)/C=C/[C@@H](C)C1=CCC2[C@H](CO[Si](C)(C)C(C)(C)C)C([C@@]3(C)CC[C@H](O[Si](C)(C)C(C)(C)C)C[C@@H]3CO[Si](C)(C)C(C)(C)C)CC[C@]12C. The lowest BCUT2D eigenvalue weighted by atomic mass is 9.48. The van der Waals surface area contributed by atoms with Crippen molar-refractivity contribution in [2.24, 2.45) is 40.4 Å². The Bertz CT molecular complexity index is 1270. The van der Waals surface area contributed by atoms with Crippen LogP contribution in [0.1, 0.15) is 122 Å². The predicted molar refractivity (Wildman–Crippen MR) is 225 cm³/mol. The van der Waals surface area contributed by atoms with Gasteiger partial charge in [-0.2, -0.15) is 0 Å². The van der Waals surface area contributed by atoms with Gasteiger partial charge in [0, 0.05) is 25.4 Å². The van der Waals surface area contributed by atoms with Crippen LogP contribution in [-0.2, 0) is 22.8 Å². The largest absolute Gasteiger partial charge is 0.466 e. The molecule has 2 fully saturated rings. The molecule has 3 aliphatic rings. The van der Waals surface area contributed by atoms with Gasteiger partial charge in [0.2, 0.25) is 0 Å². The zero-order valence-corrected chi connectivity index (χ0v) is 39.9. The molecule has 296 valence electrons. The van der Waals surface area contributed by atoms with Crippen LogP contribution in [0, 0.1) is 40.4 Å². The number of carbonyl (C=O) groups is 1. The van der Waals surface area contributed by atoms with Crippen molar-refractivity contribution >= 4 is 30.9 Å². The Kier molecular flexibility index (Phi) is 13.7. The molecule has 8 heteroatoms. The summed E-state index contributed by atoms with van der Waals surface area (Å²) in [6.45, 7) is 44.9. The normalized spacial score (nSPS) is 32.1. The summed E-state index contributed by atoms with van der Waals surface area (Å²) in [5.74, 6) is 1.89. The maximum atomic E-state index is 12.1. The Labute approximate surface area is 319 Å². The van der Waals surface area contributed by atoms with E-state index in [1.54, 1.807) is 6.08 Å². The van der Waals surface area contributed by atoms with Gasteiger partial charge in [0.1, 0.15) is 0 Å². The van der Waals surface area contributed by atoms with Crippen molar-refractivity contribution in [3.05, 3.63) is 23.8 Å². The molecule has 2 unspecified atom stereocenters. The van der Waals surface area contributed by atoms with Gasteiger partial charge in [0.15, 0.2) is 25.0 Å². The summed E-state index contributed by atoms with van der Waals surface area (Å²) in [5.41, 5.74) is 1.72. The standard InChI is InChI=1S/C43H82O5Si3/c1-31(20-23-38(44)45-13)35-21-22-36-34(30-47-50(16,17)40(5,6)7)37(25-27-43(35,36)12)42(11)26-24-33(48-51(18,19)41(8,9)10)28-32(42)29-46-49(14,15)39(2,3)4/h20-21,23,31-34,36-37H,22,24-30H2,1-19H3/b23-20+/t31-,32-,33+,34+,36?,37?,42+,43-/m1/s1. The van der Waals surface area contributed by atoms with Crippen molar-refractivity contribution in [1.82, 2.24) is 0 Å². The van der Waals surface area contributed by atoms with Crippen molar-refractivity contribution in [2.75, 3.05) is 20.3 Å². The highest BCUT2D eigenvalue weighted by Crippen LogP contribution is 2.64. The van der Waals surface area contributed by atoms with Crippen LogP contribution in [0.5, 0.6) is 0 Å². The van der Waals surface area contributed by atoms with E-state index in [2.05, 4.69) is 135 Å². The summed E-state index contributed by atoms with van der Waals surface area (Å²) in [5, 5.41) is 0.527. The number of esters is 1. The molecule has 3 aliphatic carbocycles. The maximum absolute atomic E-state index is 12.1. The molecular formula is C43H82O5Si3. The van der Waals surface area contributed by atoms with Crippen molar-refractivity contribution in [3.63, 3.8) is 0 Å². The lowest BCUT2D eigenvalue weighted by Gasteiger charge is -2.58. The molecular weight excluding hydrogens is 681 g/mol. The molecule has 0 N–H and O–H groups in total. The van der Waals surface area contributed by atoms with Gasteiger partial charge in [-0.05, 0) is 133 Å². The smallest absolute Gasteiger partial charge is 0.330 e. The van der Waals surface area contributed by atoms with Crippen LogP contribution in [0.3, 0.4) is 0 Å². The number of ether oxygens (including phenoxy) is 1. The average Bonchev–Trinajstić information content (AvgIpc) is 3.34. The fraction of sp³-hybridized carbons (Fsp3) is 0.884. The first kappa shape index (κ1) is 44.9. The second-order valence-electron chi connectivity index (χ2n) is 22.0. The molecule has 0 spiro atoms. The van der Waals surface area contributed by atoms with E-state index in [-0.39, 0.29) is 37.8 Å². The van der Waals surface area contributed by atoms with Gasteiger partial charge in [-0.15, -0.1) is 0 Å². The van der Waals surface area contributed by atoms with Gasteiger partial charge in [-0.25, -0.2) is 4.79 Å². The molecule has 0 aliphatic heterocycles. The third kappa shape index (κ3) is 9.66. The number of allylic oxidation sites excluding steroid dienone is 3.